The first-order valence-electron chi connectivity index (χ1n) is 31.5. The molecule has 88 heavy (non-hydrogen) atoms. The lowest BCUT2D eigenvalue weighted by atomic mass is 9.85. The lowest BCUT2D eigenvalue weighted by Gasteiger charge is -2.30. The van der Waals surface area contributed by atoms with Crippen molar-refractivity contribution in [3.63, 3.8) is 0 Å². The van der Waals surface area contributed by atoms with E-state index in [0.717, 1.165) is 48.2 Å². The van der Waals surface area contributed by atoms with Gasteiger partial charge in [-0.25, -0.2) is 0 Å². The molecule has 15 rings (SSSR count). The number of para-hydroxylation sites is 2. The highest BCUT2D eigenvalue weighted by Gasteiger charge is 2.23. The van der Waals surface area contributed by atoms with E-state index in [0.29, 0.717) is 0 Å². The smallest absolute Gasteiger partial charge is 0.0496 e. The van der Waals surface area contributed by atoms with Gasteiger partial charge in [-0.2, -0.15) is 0 Å². The summed E-state index contributed by atoms with van der Waals surface area (Å²) in [5.41, 5.74) is 27.4. The van der Waals surface area contributed by atoms with Gasteiger partial charge in [0.2, 0.25) is 0 Å². The zero-order valence-corrected chi connectivity index (χ0v) is 49.6. The molecule has 0 unspecified atom stereocenters. The van der Waals surface area contributed by atoms with Gasteiger partial charge < -0.3 is 9.80 Å². The van der Waals surface area contributed by atoms with Crippen LogP contribution in [0.15, 0.2) is 303 Å². The summed E-state index contributed by atoms with van der Waals surface area (Å²) in [4.78, 5) is 4.89. The zero-order chi connectivity index (χ0) is 58.6. The van der Waals surface area contributed by atoms with Crippen LogP contribution in [0.25, 0.3) is 67.1 Å². The number of anilines is 6. The van der Waals surface area contributed by atoms with Crippen LogP contribution in [0, 0.1) is 0 Å². The molecule has 0 amide bonds. The Hall–Kier alpha value is -10.5. The summed E-state index contributed by atoms with van der Waals surface area (Å²) in [6.07, 6.45) is 14.2. The van der Waals surface area contributed by atoms with E-state index in [1.54, 1.807) is 0 Å². The summed E-state index contributed by atoms with van der Waals surface area (Å²) in [5, 5.41) is 4.94. The molecule has 0 aromatic heterocycles. The Morgan fingerprint density at radius 2 is 0.557 bits per heavy atom. The molecule has 13 aromatic rings. The van der Waals surface area contributed by atoms with Crippen LogP contribution in [0.2, 0.25) is 0 Å². The van der Waals surface area contributed by atoms with Gasteiger partial charge in [0, 0.05) is 34.1 Å². The zero-order valence-electron chi connectivity index (χ0n) is 49.6. The Morgan fingerprint density at radius 1 is 0.250 bits per heavy atom. The fourth-order valence-corrected chi connectivity index (χ4v) is 14.0. The van der Waals surface area contributed by atoms with Crippen LogP contribution >= 0.6 is 0 Å². The number of hydrogen-bond acceptors (Lipinski definition) is 2. The number of benzene rings is 13. The van der Waals surface area contributed by atoms with E-state index in [1.165, 1.54) is 148 Å². The maximum atomic E-state index is 2.45. The van der Waals surface area contributed by atoms with E-state index in [9.17, 15) is 0 Å². The van der Waals surface area contributed by atoms with Crippen molar-refractivity contribution in [1.29, 1.82) is 0 Å². The Balaban J connectivity index is 0.758. The normalized spacial score (nSPS) is 13.2. The summed E-state index contributed by atoms with van der Waals surface area (Å²) < 4.78 is 0. The Kier molecular flexibility index (Phi) is 15.0. The molecule has 0 N–H and O–H groups in total. The fraction of sp³-hybridized carbons (Fsp3) is 0.0930. The highest BCUT2D eigenvalue weighted by atomic mass is 15.1. The van der Waals surface area contributed by atoms with Crippen molar-refractivity contribution in [3.8, 4) is 22.3 Å². The van der Waals surface area contributed by atoms with Crippen molar-refractivity contribution in [2.24, 2.45) is 0 Å². The van der Waals surface area contributed by atoms with Crippen LogP contribution in [0.3, 0.4) is 0 Å². The first-order chi connectivity index (χ1) is 43.7. The van der Waals surface area contributed by atoms with Crippen LogP contribution in [0.1, 0.15) is 81.3 Å². The van der Waals surface area contributed by atoms with Gasteiger partial charge in [0.1, 0.15) is 0 Å². The summed E-state index contributed by atoms with van der Waals surface area (Å²) in [6.45, 7) is 0. The average Bonchev–Trinajstić information content (AvgIpc) is 1.60. The number of rotatable bonds is 14. The molecule has 0 saturated heterocycles. The molecule has 422 valence electrons. The molecule has 2 aliphatic rings. The van der Waals surface area contributed by atoms with E-state index in [-0.39, 0.29) is 0 Å². The third-order valence-corrected chi connectivity index (χ3v) is 18.2. The second-order valence-corrected chi connectivity index (χ2v) is 23.6. The topological polar surface area (TPSA) is 6.48 Å². The van der Waals surface area contributed by atoms with Gasteiger partial charge >= 0.3 is 0 Å². The minimum absolute atomic E-state index is 1.11. The number of aryl methyl sites for hydroxylation is 2. The van der Waals surface area contributed by atoms with Crippen molar-refractivity contribution >= 4 is 79.0 Å². The molecule has 13 aromatic carbocycles. The number of nitrogens with zero attached hydrogens (tertiary/aromatic N) is 2. The fourth-order valence-electron chi connectivity index (χ4n) is 14.0. The summed E-state index contributed by atoms with van der Waals surface area (Å²) in [5.74, 6) is 0. The maximum Gasteiger partial charge on any atom is 0.0496 e. The lowest BCUT2D eigenvalue weighted by molar-refractivity contribution is 0.686. The van der Waals surface area contributed by atoms with Crippen LogP contribution in [-0.2, 0) is 25.7 Å². The highest BCUT2D eigenvalue weighted by Crippen LogP contribution is 2.46. The molecule has 0 fully saturated rings. The molecule has 0 spiro atoms. The Labute approximate surface area is 518 Å². The SMILES string of the molecule is C(=C(/c1ccccc1)c1ccc(-c2c3ccccc3c(-c3ccc(/C(=C/c4ccc(N(c5ccccc5)c5cccc6c5CCCC6)cc4)c4ccccc4)cc3)c3ccccc23)cc1)/c1ccc(N(c2ccccc2)c2cccc3c2CCCC3)cc1. The van der Waals surface area contributed by atoms with Crippen LogP contribution < -0.4 is 9.80 Å². The molecule has 0 saturated carbocycles. The van der Waals surface area contributed by atoms with E-state index in [4.69, 9.17) is 0 Å². The minimum atomic E-state index is 1.11. The van der Waals surface area contributed by atoms with Crippen molar-refractivity contribution in [2.45, 2.75) is 51.4 Å². The van der Waals surface area contributed by atoms with E-state index < -0.39 is 0 Å². The second kappa shape index (κ2) is 24.4. The monoisotopic (exact) mass is 1130 g/mol. The summed E-state index contributed by atoms with van der Waals surface area (Å²) in [6, 6.07) is 112. The predicted octanol–water partition coefficient (Wildman–Crippen LogP) is 23.2. The van der Waals surface area contributed by atoms with Gasteiger partial charge in [0.15, 0.2) is 0 Å². The quantitative estimate of drug-likeness (QED) is 0.0791. The Bertz CT molecular complexity index is 4300. The third kappa shape index (κ3) is 10.7. The Morgan fingerprint density at radius 3 is 0.920 bits per heavy atom. The van der Waals surface area contributed by atoms with Crippen molar-refractivity contribution < 1.29 is 0 Å². The first kappa shape index (κ1) is 54.1. The van der Waals surface area contributed by atoms with Crippen molar-refractivity contribution in [3.05, 3.63) is 359 Å². The standard InChI is InChI=1S/C86H68N2/c1-5-23-65(24-6-1)81(59-61-43-55-73(56-44-61)87(71-31-9-3-10-32-71)83-41-21-29-63-27-13-15-35-75(63)83)67-47-51-69(52-48-67)85-77-37-17-19-39-79(77)86(80-40-20-18-38-78(80)85)70-53-49-68(50-54-70)82(66-25-7-2-8-26-66)60-62-45-57-74(58-46-62)88(72-33-11-4-12-34-72)84-42-22-30-64-28-14-16-36-76(64)84/h1-12,17-26,29-34,37-60H,13-16,27-28,35-36H2/b81-59+,82-60+. The van der Waals surface area contributed by atoms with Crippen LogP contribution in [0.5, 0.6) is 0 Å². The van der Waals surface area contributed by atoms with E-state index in [2.05, 4.69) is 325 Å². The van der Waals surface area contributed by atoms with Crippen molar-refractivity contribution in [2.75, 3.05) is 9.80 Å². The maximum absolute atomic E-state index is 2.45. The molecule has 0 radical (unpaired) electrons. The molecule has 0 heterocycles. The molecule has 2 aliphatic carbocycles. The summed E-state index contributed by atoms with van der Waals surface area (Å²) >= 11 is 0. The minimum Gasteiger partial charge on any atom is -0.310 e. The van der Waals surface area contributed by atoms with Gasteiger partial charge in [-0.05, 0) is 235 Å². The molecular formula is C86H68N2. The molecule has 2 nitrogen and oxygen atoms in total. The molecule has 0 aliphatic heterocycles. The van der Waals surface area contributed by atoms with Crippen molar-refractivity contribution in [1.82, 2.24) is 0 Å². The van der Waals surface area contributed by atoms with Crippen LogP contribution in [-0.4, -0.2) is 0 Å². The first-order valence-corrected chi connectivity index (χ1v) is 31.5. The number of fused-ring (bicyclic) bond motifs is 4. The average molecular weight is 1130 g/mol. The number of hydrogen-bond donors (Lipinski definition) is 0. The molecule has 0 bridgehead atoms. The summed E-state index contributed by atoms with van der Waals surface area (Å²) in [7, 11) is 0. The molecule has 0 atom stereocenters. The largest absolute Gasteiger partial charge is 0.310 e. The van der Waals surface area contributed by atoms with Crippen LogP contribution in [0.4, 0.5) is 34.1 Å². The van der Waals surface area contributed by atoms with Gasteiger partial charge in [0.05, 0.1) is 0 Å². The van der Waals surface area contributed by atoms with Gasteiger partial charge in [-0.1, -0.05) is 243 Å². The van der Waals surface area contributed by atoms with Gasteiger partial charge in [0.25, 0.3) is 0 Å². The predicted molar refractivity (Wildman–Crippen MR) is 375 cm³/mol. The second-order valence-electron chi connectivity index (χ2n) is 23.6. The van der Waals surface area contributed by atoms with E-state index >= 15 is 0 Å². The van der Waals surface area contributed by atoms with Gasteiger partial charge in [-0.15, -0.1) is 0 Å². The molecule has 2 heteroatoms. The third-order valence-electron chi connectivity index (χ3n) is 18.2. The highest BCUT2D eigenvalue weighted by molar-refractivity contribution is 6.21. The van der Waals surface area contributed by atoms with E-state index in [1.807, 2.05) is 0 Å². The van der Waals surface area contributed by atoms with Gasteiger partial charge in [-0.3, -0.25) is 0 Å². The lowest BCUT2D eigenvalue weighted by Crippen LogP contribution is -2.15. The molecular weight excluding hydrogens is 1060 g/mol.